The number of amides is 2. The van der Waals surface area contributed by atoms with Gasteiger partial charge in [-0.05, 0) is 39.0 Å². The Morgan fingerprint density at radius 3 is 2.62 bits per heavy atom. The van der Waals surface area contributed by atoms with Crippen molar-refractivity contribution in [1.29, 1.82) is 0 Å². The minimum Gasteiger partial charge on any atom is -0.444 e. The van der Waals surface area contributed by atoms with E-state index in [1.165, 1.54) is 0 Å². The van der Waals surface area contributed by atoms with Crippen LogP contribution in [0.1, 0.15) is 20.8 Å². The first kappa shape index (κ1) is 22.1. The van der Waals surface area contributed by atoms with Crippen LogP contribution < -0.4 is 15.6 Å². The summed E-state index contributed by atoms with van der Waals surface area (Å²) in [6.45, 7) is 6.64. The van der Waals surface area contributed by atoms with E-state index in [2.05, 4.69) is 9.71 Å². The van der Waals surface area contributed by atoms with Crippen molar-refractivity contribution in [3.8, 4) is 11.4 Å². The maximum Gasteiger partial charge on any atom is 0.410 e. The zero-order chi connectivity index (χ0) is 23.4. The molecular formula is C20H26N6O5S. The SMILES string of the molecule is CN(C(=O)OC(C)(C)C)C1CN(c2nc3cc/c(=N/S(C)(=O)=O)cc-3n3c2NC(=O)C3)C1. The fraction of sp³-hybridized carbons (Fsp3) is 0.500. The number of carbonyl (C=O) groups is 2. The molecule has 32 heavy (non-hydrogen) atoms. The molecular weight excluding hydrogens is 436 g/mol. The second kappa shape index (κ2) is 7.47. The van der Waals surface area contributed by atoms with Gasteiger partial charge < -0.3 is 24.4 Å². The molecule has 3 heterocycles. The summed E-state index contributed by atoms with van der Waals surface area (Å²) < 4.78 is 34.0. The van der Waals surface area contributed by atoms with Gasteiger partial charge in [0, 0.05) is 20.1 Å². The summed E-state index contributed by atoms with van der Waals surface area (Å²) in [6.07, 6.45) is 0.638. The predicted molar refractivity (Wildman–Crippen MR) is 118 cm³/mol. The van der Waals surface area contributed by atoms with E-state index in [-0.39, 0.29) is 29.9 Å². The molecule has 1 saturated heterocycles. The van der Waals surface area contributed by atoms with Crippen molar-refractivity contribution in [2.45, 2.75) is 39.0 Å². The summed E-state index contributed by atoms with van der Waals surface area (Å²) in [7, 11) is -1.85. The third-order valence-electron chi connectivity index (χ3n) is 5.18. The molecule has 0 unspecified atom stereocenters. The Morgan fingerprint density at radius 1 is 1.31 bits per heavy atom. The van der Waals surface area contributed by atoms with Crippen LogP contribution >= 0.6 is 0 Å². The van der Waals surface area contributed by atoms with Crippen molar-refractivity contribution < 1.29 is 22.7 Å². The first-order chi connectivity index (χ1) is 14.8. The predicted octanol–water partition coefficient (Wildman–Crippen LogP) is 0.856. The third-order valence-corrected chi connectivity index (χ3v) is 5.72. The number of benzene rings is 1. The number of hydrogen-bond donors (Lipinski definition) is 1. The van der Waals surface area contributed by atoms with Gasteiger partial charge in [-0.25, -0.2) is 18.2 Å². The lowest BCUT2D eigenvalue weighted by atomic mass is 10.1. The molecule has 2 amide bonds. The van der Waals surface area contributed by atoms with E-state index >= 15 is 0 Å². The summed E-state index contributed by atoms with van der Waals surface area (Å²) >= 11 is 0. The van der Waals surface area contributed by atoms with Crippen LogP contribution in [0.4, 0.5) is 16.4 Å². The number of nitrogens with zero attached hydrogens (tertiary/aromatic N) is 5. The normalized spacial score (nSPS) is 17.2. The number of rotatable bonds is 3. The number of aromatic nitrogens is 2. The summed E-state index contributed by atoms with van der Waals surface area (Å²) in [5.74, 6) is 0.955. The van der Waals surface area contributed by atoms with Crippen molar-refractivity contribution >= 4 is 33.7 Å². The van der Waals surface area contributed by atoms with Crippen LogP contribution in [0, 0.1) is 0 Å². The number of carbonyl (C=O) groups excluding carboxylic acids is 2. The van der Waals surface area contributed by atoms with E-state index in [9.17, 15) is 18.0 Å². The van der Waals surface area contributed by atoms with Gasteiger partial charge in [0.2, 0.25) is 5.91 Å². The van der Waals surface area contributed by atoms with Crippen molar-refractivity contribution in [1.82, 2.24) is 14.5 Å². The summed E-state index contributed by atoms with van der Waals surface area (Å²) in [4.78, 5) is 32.8. The fourth-order valence-electron chi connectivity index (χ4n) is 3.66. The van der Waals surface area contributed by atoms with Gasteiger partial charge in [0.25, 0.3) is 10.0 Å². The Morgan fingerprint density at radius 2 is 2.00 bits per heavy atom. The zero-order valence-corrected chi connectivity index (χ0v) is 19.4. The monoisotopic (exact) mass is 462 g/mol. The van der Waals surface area contributed by atoms with Crippen LogP contribution in [0.15, 0.2) is 22.6 Å². The number of anilines is 2. The van der Waals surface area contributed by atoms with Gasteiger partial charge in [0.1, 0.15) is 12.1 Å². The molecule has 4 rings (SSSR count). The number of fused-ring (bicyclic) bond motifs is 3. The molecule has 0 bridgehead atoms. The molecule has 0 aromatic carbocycles. The van der Waals surface area contributed by atoms with E-state index in [0.717, 1.165) is 6.26 Å². The molecule has 0 atom stereocenters. The molecule has 0 aromatic heterocycles. The molecule has 12 heteroatoms. The van der Waals surface area contributed by atoms with Gasteiger partial charge in [-0.3, -0.25) is 4.79 Å². The smallest absolute Gasteiger partial charge is 0.410 e. The fourth-order valence-corrected chi connectivity index (χ4v) is 4.16. The Kier molecular flexibility index (Phi) is 5.15. The van der Waals surface area contributed by atoms with E-state index < -0.39 is 15.6 Å². The van der Waals surface area contributed by atoms with Crippen molar-refractivity contribution in [2.75, 3.05) is 36.6 Å². The Balaban J connectivity index is 1.63. The highest BCUT2D eigenvalue weighted by atomic mass is 32.2. The molecule has 1 N–H and O–H groups in total. The number of sulfonamides is 1. The van der Waals surface area contributed by atoms with Gasteiger partial charge in [-0.1, -0.05) is 0 Å². The van der Waals surface area contributed by atoms with Crippen LogP contribution in [0.5, 0.6) is 0 Å². The molecule has 172 valence electrons. The van der Waals surface area contributed by atoms with Gasteiger partial charge in [-0.15, -0.1) is 0 Å². The second-order valence-electron chi connectivity index (χ2n) is 9.07. The molecule has 1 fully saturated rings. The van der Waals surface area contributed by atoms with E-state index in [1.807, 2.05) is 25.7 Å². The van der Waals surface area contributed by atoms with Crippen LogP contribution in [0.25, 0.3) is 11.4 Å². The van der Waals surface area contributed by atoms with Crippen LogP contribution in [0.2, 0.25) is 0 Å². The zero-order valence-electron chi connectivity index (χ0n) is 18.6. The van der Waals surface area contributed by atoms with E-state index in [1.54, 1.807) is 34.7 Å². The lowest BCUT2D eigenvalue weighted by Crippen LogP contribution is -2.60. The van der Waals surface area contributed by atoms with Gasteiger partial charge in [0.05, 0.1) is 29.0 Å². The first-order valence-electron chi connectivity index (χ1n) is 10.1. The number of nitrogens with one attached hydrogen (secondary N) is 1. The molecule has 0 aromatic rings. The Hall–Kier alpha value is -3.15. The van der Waals surface area contributed by atoms with Crippen LogP contribution in [-0.4, -0.2) is 72.9 Å². The summed E-state index contributed by atoms with van der Waals surface area (Å²) in [5.41, 5.74) is 0.644. The summed E-state index contributed by atoms with van der Waals surface area (Å²) in [5, 5.41) is 3.11. The highest BCUT2D eigenvalue weighted by Crippen LogP contribution is 2.36. The average molecular weight is 463 g/mol. The number of ether oxygens (including phenoxy) is 1. The lowest BCUT2D eigenvalue weighted by Gasteiger charge is -2.45. The van der Waals surface area contributed by atoms with Crippen LogP contribution in [-0.2, 0) is 26.1 Å². The average Bonchev–Trinajstić information content (AvgIpc) is 2.99. The minimum atomic E-state index is -3.56. The molecule has 3 aliphatic heterocycles. The molecule has 4 aliphatic rings. The summed E-state index contributed by atoms with van der Waals surface area (Å²) in [6, 6.07) is 4.82. The molecule has 0 radical (unpaired) electrons. The van der Waals surface area contributed by atoms with Crippen molar-refractivity contribution in [2.24, 2.45) is 4.40 Å². The highest BCUT2D eigenvalue weighted by Gasteiger charge is 2.38. The standard InChI is InChI=1S/C20H26N6O5S/c1-20(2,3)31-19(28)24(4)13-9-25(10-13)17-18-22-16(27)11-26(18)15-8-12(23-32(5,29)30)6-7-14(15)21-17/h6-8,13H,9-11H2,1-5H3,(H,22,27)/b23-12-. The number of hydrogen-bond acceptors (Lipinski definition) is 7. The molecule has 0 spiro atoms. The lowest BCUT2D eigenvalue weighted by molar-refractivity contribution is -0.115. The van der Waals surface area contributed by atoms with E-state index in [4.69, 9.17) is 9.72 Å². The van der Waals surface area contributed by atoms with Gasteiger partial charge in [-0.2, -0.15) is 4.40 Å². The largest absolute Gasteiger partial charge is 0.444 e. The van der Waals surface area contributed by atoms with Gasteiger partial charge >= 0.3 is 6.09 Å². The number of likely N-dealkylation sites (N-methyl/N-ethyl adjacent to an activating group) is 1. The topological polar surface area (TPSA) is 126 Å². The molecule has 1 aliphatic carbocycles. The Labute approximate surface area is 186 Å². The highest BCUT2D eigenvalue weighted by molar-refractivity contribution is 7.89. The molecule has 11 nitrogen and oxygen atoms in total. The van der Waals surface area contributed by atoms with Crippen molar-refractivity contribution in [3.05, 3.63) is 23.6 Å². The maximum absolute atomic E-state index is 12.3. The quantitative estimate of drug-likeness (QED) is 0.717. The maximum atomic E-state index is 12.3. The molecule has 0 saturated carbocycles. The van der Waals surface area contributed by atoms with Gasteiger partial charge in [0.15, 0.2) is 11.6 Å². The van der Waals surface area contributed by atoms with E-state index in [0.29, 0.717) is 36.1 Å². The minimum absolute atomic E-state index is 0.0453. The Bertz CT molecular complexity index is 1240. The van der Waals surface area contributed by atoms with Crippen molar-refractivity contribution in [3.63, 3.8) is 0 Å². The second-order valence-corrected chi connectivity index (χ2v) is 10.7. The first-order valence-corrected chi connectivity index (χ1v) is 12.0. The van der Waals surface area contributed by atoms with Crippen LogP contribution in [0.3, 0.4) is 0 Å². The third kappa shape index (κ3) is 4.40.